The van der Waals surface area contributed by atoms with Crippen LogP contribution < -0.4 is 5.32 Å². The summed E-state index contributed by atoms with van der Waals surface area (Å²) in [6, 6.07) is 10.1. The monoisotopic (exact) mass is 327 g/mol. The topological polar surface area (TPSA) is 63.2 Å². The maximum absolute atomic E-state index is 11.9. The fourth-order valence-electron chi connectivity index (χ4n) is 2.45. The van der Waals surface area contributed by atoms with Gasteiger partial charge in [-0.05, 0) is 37.7 Å². The van der Waals surface area contributed by atoms with Gasteiger partial charge in [0.1, 0.15) is 0 Å². The van der Waals surface area contributed by atoms with E-state index in [9.17, 15) is 13.2 Å². The second-order valence-corrected chi connectivity index (χ2v) is 9.07. The van der Waals surface area contributed by atoms with E-state index in [1.165, 1.54) is 4.90 Å². The molecule has 0 spiro atoms. The summed E-state index contributed by atoms with van der Waals surface area (Å²) in [6.07, 6.45) is 1.74. The molecule has 0 radical (unpaired) electrons. The van der Waals surface area contributed by atoms with Crippen LogP contribution in [0.5, 0.6) is 0 Å². The van der Waals surface area contributed by atoms with Gasteiger partial charge in [-0.25, -0.2) is 8.42 Å². The van der Waals surface area contributed by atoms with Gasteiger partial charge < -0.3 is 5.32 Å². The van der Waals surface area contributed by atoms with E-state index in [4.69, 9.17) is 0 Å². The van der Waals surface area contributed by atoms with E-state index in [0.29, 0.717) is 12.8 Å². The highest BCUT2D eigenvalue weighted by molar-refractivity contribution is 7.99. The summed E-state index contributed by atoms with van der Waals surface area (Å²) in [6.45, 7) is 1.81. The van der Waals surface area contributed by atoms with Gasteiger partial charge in [-0.15, -0.1) is 11.8 Å². The van der Waals surface area contributed by atoms with Crippen LogP contribution in [0.25, 0.3) is 0 Å². The second-order valence-electron chi connectivity index (χ2n) is 5.72. The molecule has 1 aliphatic rings. The predicted molar refractivity (Wildman–Crippen MR) is 86.2 cm³/mol. The van der Waals surface area contributed by atoms with Gasteiger partial charge in [-0.1, -0.05) is 18.2 Å². The van der Waals surface area contributed by atoms with E-state index in [0.717, 1.165) is 12.2 Å². The second kappa shape index (κ2) is 6.83. The number of nitrogens with one attached hydrogen (secondary N) is 1. The molecular weight excluding hydrogens is 306 g/mol. The summed E-state index contributed by atoms with van der Waals surface area (Å²) >= 11 is 1.73. The van der Waals surface area contributed by atoms with Crippen LogP contribution in [0.4, 0.5) is 0 Å². The summed E-state index contributed by atoms with van der Waals surface area (Å²) in [5, 5.41) is 2.88. The summed E-state index contributed by atoms with van der Waals surface area (Å²) in [5.41, 5.74) is -0.581. The Balaban J connectivity index is 1.68. The van der Waals surface area contributed by atoms with E-state index in [1.807, 2.05) is 25.1 Å². The first-order valence-corrected chi connectivity index (χ1v) is 9.89. The lowest BCUT2D eigenvalue weighted by Crippen LogP contribution is -2.46. The third kappa shape index (κ3) is 5.36. The molecule has 4 nitrogen and oxygen atoms in total. The van der Waals surface area contributed by atoms with E-state index in [2.05, 4.69) is 17.4 Å². The van der Waals surface area contributed by atoms with Gasteiger partial charge in [0, 0.05) is 11.3 Å². The molecule has 0 aromatic heterocycles. The van der Waals surface area contributed by atoms with Crippen molar-refractivity contribution in [1.82, 2.24) is 5.32 Å². The number of hydrogen-bond donors (Lipinski definition) is 1. The molecule has 0 bridgehead atoms. The summed E-state index contributed by atoms with van der Waals surface area (Å²) in [7, 11) is -2.98. The van der Waals surface area contributed by atoms with Gasteiger partial charge in [0.25, 0.3) is 0 Å². The first-order chi connectivity index (χ1) is 9.89. The first kappa shape index (κ1) is 16.4. The average Bonchev–Trinajstić information content (AvgIpc) is 2.69. The molecule has 0 saturated carbocycles. The molecule has 0 aliphatic carbocycles. The molecule has 1 aromatic carbocycles. The molecule has 1 atom stereocenters. The molecule has 1 saturated heterocycles. The zero-order valence-electron chi connectivity index (χ0n) is 12.2. The van der Waals surface area contributed by atoms with Crippen molar-refractivity contribution in [3.05, 3.63) is 30.3 Å². The van der Waals surface area contributed by atoms with Crippen LogP contribution in [-0.4, -0.2) is 37.1 Å². The molecule has 1 aromatic rings. The Hall–Kier alpha value is -1.01. The maximum Gasteiger partial charge on any atom is 0.220 e. The number of rotatable bonds is 6. The minimum Gasteiger partial charge on any atom is -0.350 e. The number of hydrogen-bond acceptors (Lipinski definition) is 4. The fraction of sp³-hybridized carbons (Fsp3) is 0.533. The number of sulfone groups is 1. The third-order valence-corrected chi connectivity index (χ3v) is 6.51. The quantitative estimate of drug-likeness (QED) is 0.643. The highest BCUT2D eigenvalue weighted by Gasteiger charge is 2.39. The lowest BCUT2D eigenvalue weighted by atomic mass is 10.0. The Morgan fingerprint density at radius 3 is 2.67 bits per heavy atom. The number of amides is 1. The Kier molecular flexibility index (Phi) is 5.32. The normalized spacial score (nSPS) is 23.9. The summed E-state index contributed by atoms with van der Waals surface area (Å²) in [4.78, 5) is 13.1. The molecule has 1 fully saturated rings. The minimum absolute atomic E-state index is 0.0525. The standard InChI is InChI=1S/C15H21NO3S2/c1-15(9-11-21(18,19)12-15)16-14(17)8-5-10-20-13-6-3-2-4-7-13/h2-4,6-7H,5,8-12H2,1H3,(H,16,17)/t15-/m1/s1. The number of benzene rings is 1. The zero-order valence-corrected chi connectivity index (χ0v) is 13.8. The Morgan fingerprint density at radius 1 is 1.33 bits per heavy atom. The molecule has 1 aliphatic heterocycles. The van der Waals surface area contributed by atoms with Gasteiger partial charge in [-0.2, -0.15) is 0 Å². The van der Waals surface area contributed by atoms with Crippen molar-refractivity contribution in [2.45, 2.75) is 36.6 Å². The van der Waals surface area contributed by atoms with Crippen LogP contribution in [0.15, 0.2) is 35.2 Å². The van der Waals surface area contributed by atoms with Gasteiger partial charge in [0.2, 0.25) is 5.91 Å². The average molecular weight is 327 g/mol. The number of thioether (sulfide) groups is 1. The third-order valence-electron chi connectivity index (χ3n) is 3.50. The summed E-state index contributed by atoms with van der Waals surface area (Å²) in [5.74, 6) is 1.06. The van der Waals surface area contributed by atoms with E-state index in [1.54, 1.807) is 11.8 Å². The molecular formula is C15H21NO3S2. The number of carbonyl (C=O) groups excluding carboxylic acids is 1. The van der Waals surface area contributed by atoms with E-state index < -0.39 is 15.4 Å². The molecule has 21 heavy (non-hydrogen) atoms. The smallest absolute Gasteiger partial charge is 0.220 e. The molecule has 1 N–H and O–H groups in total. The molecule has 6 heteroatoms. The van der Waals surface area contributed by atoms with Crippen molar-refractivity contribution in [2.75, 3.05) is 17.3 Å². The molecule has 2 rings (SSSR count). The largest absolute Gasteiger partial charge is 0.350 e. The van der Waals surface area contributed by atoms with Crippen molar-refractivity contribution in [3.8, 4) is 0 Å². The molecule has 116 valence electrons. The van der Waals surface area contributed by atoms with Crippen molar-refractivity contribution < 1.29 is 13.2 Å². The van der Waals surface area contributed by atoms with Crippen LogP contribution >= 0.6 is 11.8 Å². The lowest BCUT2D eigenvalue weighted by molar-refractivity contribution is -0.122. The van der Waals surface area contributed by atoms with E-state index >= 15 is 0 Å². The Morgan fingerprint density at radius 2 is 2.05 bits per heavy atom. The predicted octanol–water partition coefficient (Wildman–Crippen LogP) is 2.25. The Bertz CT molecular complexity index is 586. The van der Waals surface area contributed by atoms with Gasteiger partial charge in [-0.3, -0.25) is 4.79 Å². The van der Waals surface area contributed by atoms with Gasteiger partial charge >= 0.3 is 0 Å². The van der Waals surface area contributed by atoms with Crippen molar-refractivity contribution in [2.24, 2.45) is 0 Å². The van der Waals surface area contributed by atoms with Crippen molar-refractivity contribution in [3.63, 3.8) is 0 Å². The van der Waals surface area contributed by atoms with Crippen LogP contribution in [0.2, 0.25) is 0 Å². The minimum atomic E-state index is -2.98. The van der Waals surface area contributed by atoms with Crippen LogP contribution in [0.3, 0.4) is 0 Å². The van der Waals surface area contributed by atoms with E-state index in [-0.39, 0.29) is 17.4 Å². The van der Waals surface area contributed by atoms with Gasteiger partial charge in [0.15, 0.2) is 9.84 Å². The van der Waals surface area contributed by atoms with Crippen molar-refractivity contribution >= 4 is 27.5 Å². The molecule has 0 unspecified atom stereocenters. The zero-order chi connectivity index (χ0) is 15.3. The molecule has 1 amide bonds. The highest BCUT2D eigenvalue weighted by Crippen LogP contribution is 2.23. The SMILES string of the molecule is C[C@@]1(NC(=O)CCCSc2ccccc2)CCS(=O)(=O)C1. The van der Waals surface area contributed by atoms with Crippen LogP contribution in [-0.2, 0) is 14.6 Å². The maximum atomic E-state index is 11.9. The summed E-state index contributed by atoms with van der Waals surface area (Å²) < 4.78 is 23.0. The van der Waals surface area contributed by atoms with Crippen LogP contribution in [0, 0.1) is 0 Å². The highest BCUT2D eigenvalue weighted by atomic mass is 32.2. The molecule has 1 heterocycles. The first-order valence-electron chi connectivity index (χ1n) is 7.08. The van der Waals surface area contributed by atoms with Gasteiger partial charge in [0.05, 0.1) is 17.0 Å². The Labute approximate surface area is 130 Å². The van der Waals surface area contributed by atoms with Crippen molar-refractivity contribution in [1.29, 1.82) is 0 Å². The van der Waals surface area contributed by atoms with Crippen LogP contribution in [0.1, 0.15) is 26.2 Å². The lowest BCUT2D eigenvalue weighted by Gasteiger charge is -2.23. The number of carbonyl (C=O) groups is 1. The fourth-order valence-corrected chi connectivity index (χ4v) is 5.41.